The average Bonchev–Trinajstić information content (AvgIpc) is 3.53. The number of nitrogens with one attached hydrogen (secondary N) is 2. The number of benzene rings is 2. The third kappa shape index (κ3) is 2.45. The summed E-state index contributed by atoms with van der Waals surface area (Å²) in [7, 11) is 0. The Bertz CT molecular complexity index is 1380. The van der Waals surface area contributed by atoms with Gasteiger partial charge in [0.15, 0.2) is 0 Å². The van der Waals surface area contributed by atoms with Crippen LogP contribution in [0.5, 0.6) is 0 Å². The summed E-state index contributed by atoms with van der Waals surface area (Å²) in [5, 5.41) is 4.10. The topological polar surface area (TPSA) is 70.1 Å². The first kappa shape index (κ1) is 16.9. The van der Waals surface area contributed by atoms with E-state index in [0.717, 1.165) is 39.8 Å². The maximum Gasteiger partial charge on any atom is 0.252 e. The molecule has 4 aromatic rings. The highest BCUT2D eigenvalue weighted by molar-refractivity contribution is 6.14. The van der Waals surface area contributed by atoms with Crippen molar-refractivity contribution >= 4 is 28.7 Å². The third-order valence-corrected chi connectivity index (χ3v) is 5.89. The number of aromatic nitrogens is 2. The number of carbonyl (C=O) groups is 1. The second-order valence-electron chi connectivity index (χ2n) is 7.52. The van der Waals surface area contributed by atoms with E-state index >= 15 is 0 Å². The molecule has 2 aromatic heterocycles. The van der Waals surface area contributed by atoms with Crippen LogP contribution in [-0.2, 0) is 0 Å². The molecule has 3 heterocycles. The Hall–Kier alpha value is -3.99. The lowest BCUT2D eigenvalue weighted by Crippen LogP contribution is -2.28. The van der Waals surface area contributed by atoms with Crippen LogP contribution in [0.4, 0.5) is 0 Å². The van der Waals surface area contributed by atoms with Crippen molar-refractivity contribution in [3.8, 4) is 11.1 Å². The van der Waals surface area contributed by atoms with Crippen LogP contribution in [0.2, 0.25) is 0 Å². The van der Waals surface area contributed by atoms with Crippen LogP contribution in [0.25, 0.3) is 27.7 Å². The van der Waals surface area contributed by atoms with Gasteiger partial charge >= 0.3 is 0 Å². The summed E-state index contributed by atoms with van der Waals surface area (Å²) in [5.74, 6) is -0.110. The number of aromatic amines is 1. The molecule has 0 saturated carbocycles. The number of carbonyl (C=O) groups excluding carboxylic acids is 1. The molecule has 1 atom stereocenters. The van der Waals surface area contributed by atoms with Gasteiger partial charge in [0.2, 0.25) is 0 Å². The van der Waals surface area contributed by atoms with Crippen LogP contribution in [0.15, 0.2) is 78.1 Å². The summed E-state index contributed by atoms with van der Waals surface area (Å²) in [4.78, 5) is 25.0. The summed E-state index contributed by atoms with van der Waals surface area (Å²) < 4.78 is 0. The lowest BCUT2D eigenvalue weighted by molar-refractivity contribution is 0.0945. The smallest absolute Gasteiger partial charge is 0.252 e. The number of allylic oxidation sites excluding steroid dienone is 1. The summed E-state index contributed by atoms with van der Waals surface area (Å²) in [6, 6.07) is 18.1. The number of hydrogen-bond donors (Lipinski definition) is 2. The second-order valence-corrected chi connectivity index (χ2v) is 7.52. The van der Waals surface area contributed by atoms with Crippen molar-refractivity contribution in [2.24, 2.45) is 4.99 Å². The quantitative estimate of drug-likeness (QED) is 0.540. The molecule has 1 aliphatic carbocycles. The largest absolute Gasteiger partial charge is 0.346 e. The maximum atomic E-state index is 13.3. The van der Waals surface area contributed by atoms with Gasteiger partial charge in [0.1, 0.15) is 5.65 Å². The first-order chi connectivity index (χ1) is 14.8. The molecule has 1 amide bonds. The molecule has 1 unspecified atom stereocenters. The molecule has 2 N–H and O–H groups in total. The van der Waals surface area contributed by atoms with Gasteiger partial charge in [-0.05, 0) is 45.5 Å². The van der Waals surface area contributed by atoms with Crippen LogP contribution >= 0.6 is 0 Å². The first-order valence-corrected chi connectivity index (χ1v) is 9.97. The fourth-order valence-electron chi connectivity index (χ4n) is 4.55. The van der Waals surface area contributed by atoms with Crippen molar-refractivity contribution in [2.75, 3.05) is 6.54 Å². The fraction of sp³-hybridized carbons (Fsp3) is 0.0800. The van der Waals surface area contributed by atoms with Gasteiger partial charge in [-0.3, -0.25) is 9.79 Å². The highest BCUT2D eigenvalue weighted by Crippen LogP contribution is 2.46. The highest BCUT2D eigenvalue weighted by atomic mass is 16.1. The van der Waals surface area contributed by atoms with E-state index in [1.54, 1.807) is 18.5 Å². The minimum atomic E-state index is -0.204. The van der Waals surface area contributed by atoms with E-state index in [1.165, 1.54) is 5.56 Å². The Balaban J connectivity index is 1.47. The number of hydrogen-bond acceptors (Lipinski definition) is 3. The molecule has 0 radical (unpaired) electrons. The Morgan fingerprint density at radius 2 is 1.87 bits per heavy atom. The molecule has 144 valence electrons. The van der Waals surface area contributed by atoms with Gasteiger partial charge < -0.3 is 10.3 Å². The zero-order valence-electron chi connectivity index (χ0n) is 16.1. The van der Waals surface area contributed by atoms with Gasteiger partial charge in [0.25, 0.3) is 5.91 Å². The summed E-state index contributed by atoms with van der Waals surface area (Å²) in [5.41, 5.74) is 8.20. The molecule has 6 rings (SSSR count). The molecule has 0 bridgehead atoms. The first-order valence-electron chi connectivity index (χ1n) is 9.97. The summed E-state index contributed by atoms with van der Waals surface area (Å²) in [6.07, 6.45) is 7.54. The summed E-state index contributed by atoms with van der Waals surface area (Å²) >= 11 is 0. The van der Waals surface area contributed by atoms with Crippen LogP contribution in [0, 0.1) is 0 Å². The normalized spacial score (nSPS) is 16.4. The van der Waals surface area contributed by atoms with Crippen LogP contribution in [0.1, 0.15) is 33.1 Å². The molecule has 30 heavy (non-hydrogen) atoms. The van der Waals surface area contributed by atoms with Gasteiger partial charge in [-0.2, -0.15) is 0 Å². The number of fused-ring (bicyclic) bond motifs is 4. The van der Waals surface area contributed by atoms with E-state index < -0.39 is 0 Å². The highest BCUT2D eigenvalue weighted by Gasteiger charge is 2.32. The maximum absolute atomic E-state index is 13.3. The lowest BCUT2D eigenvalue weighted by atomic mass is 9.94. The molecule has 2 aromatic carbocycles. The van der Waals surface area contributed by atoms with E-state index in [-0.39, 0.29) is 11.9 Å². The summed E-state index contributed by atoms with van der Waals surface area (Å²) in [6.45, 7) is 0.718. The van der Waals surface area contributed by atoms with Gasteiger partial charge in [-0.15, -0.1) is 0 Å². The number of H-pyrrole nitrogens is 1. The lowest BCUT2D eigenvalue weighted by Gasteiger charge is -2.17. The fourth-order valence-corrected chi connectivity index (χ4v) is 4.55. The van der Waals surface area contributed by atoms with Crippen molar-refractivity contribution in [1.82, 2.24) is 15.3 Å². The Morgan fingerprint density at radius 1 is 1.00 bits per heavy atom. The molecule has 0 saturated heterocycles. The van der Waals surface area contributed by atoms with Crippen molar-refractivity contribution in [3.63, 3.8) is 0 Å². The molecular formula is C25H18N4O. The van der Waals surface area contributed by atoms with Gasteiger partial charge in [-0.25, -0.2) is 4.98 Å². The molecule has 1 aliphatic heterocycles. The Labute approximate surface area is 173 Å². The van der Waals surface area contributed by atoms with E-state index in [9.17, 15) is 4.79 Å². The molecule has 2 aliphatic rings. The van der Waals surface area contributed by atoms with Gasteiger partial charge in [0, 0.05) is 24.0 Å². The second kappa shape index (κ2) is 6.52. The predicted octanol–water partition coefficient (Wildman–Crippen LogP) is 4.53. The third-order valence-electron chi connectivity index (χ3n) is 5.89. The number of rotatable bonds is 3. The van der Waals surface area contributed by atoms with Crippen molar-refractivity contribution in [2.45, 2.75) is 6.04 Å². The monoisotopic (exact) mass is 390 g/mol. The van der Waals surface area contributed by atoms with Crippen LogP contribution in [0.3, 0.4) is 0 Å². The van der Waals surface area contributed by atoms with Crippen molar-refractivity contribution in [3.05, 3.63) is 95.3 Å². The predicted molar refractivity (Wildman–Crippen MR) is 119 cm³/mol. The Morgan fingerprint density at radius 3 is 2.77 bits per heavy atom. The van der Waals surface area contributed by atoms with E-state index in [0.29, 0.717) is 11.2 Å². The van der Waals surface area contributed by atoms with Crippen LogP contribution in [-0.4, -0.2) is 28.6 Å². The number of nitrogens with zero attached hydrogens (tertiary/aromatic N) is 2. The molecule has 5 heteroatoms. The minimum Gasteiger partial charge on any atom is -0.346 e. The zero-order valence-corrected chi connectivity index (χ0v) is 16.1. The number of pyridine rings is 1. The molecule has 0 spiro atoms. The van der Waals surface area contributed by atoms with Gasteiger partial charge in [0.05, 0.1) is 18.2 Å². The van der Waals surface area contributed by atoms with E-state index in [4.69, 9.17) is 0 Å². The van der Waals surface area contributed by atoms with Crippen molar-refractivity contribution in [1.29, 1.82) is 0 Å². The number of aliphatic imine (C=N–C) groups is 1. The standard InChI is InChI=1S/C25H18N4O/c30-25(20-10-13-28-24-19(20)9-12-27-24)29-23-18-5-2-1-4-17(18)22-16(6-3-7-21(22)23)15-8-11-26-14-15/h1-10,12-14,23H,11H2,(H,27,28)(H,29,30). The average molecular weight is 390 g/mol. The number of amides is 1. The van der Waals surface area contributed by atoms with Crippen LogP contribution < -0.4 is 5.32 Å². The van der Waals surface area contributed by atoms with Crippen molar-refractivity contribution < 1.29 is 4.79 Å². The van der Waals surface area contributed by atoms with E-state index in [1.807, 2.05) is 24.4 Å². The molecular weight excluding hydrogens is 372 g/mol. The zero-order chi connectivity index (χ0) is 20.1. The van der Waals surface area contributed by atoms with E-state index in [2.05, 4.69) is 56.7 Å². The SMILES string of the molecule is O=C(NC1c2ccccc2-c2c(C3=CCN=C3)cccc21)c1ccnc2[nH]ccc12. The minimum absolute atomic E-state index is 0.110. The molecule has 5 nitrogen and oxygen atoms in total. The van der Waals surface area contributed by atoms with Gasteiger partial charge in [-0.1, -0.05) is 48.5 Å². The molecule has 0 fully saturated rings. The Kier molecular flexibility index (Phi) is 3.68.